The number of hydrogen-bond acceptors (Lipinski definition) is 3. The van der Waals surface area contributed by atoms with E-state index in [0.29, 0.717) is 0 Å². The molecule has 0 atom stereocenters. The van der Waals surface area contributed by atoms with E-state index in [1.54, 1.807) is 0 Å². The molecular formula is C37H25NO2. The van der Waals surface area contributed by atoms with Crippen molar-refractivity contribution in [2.45, 2.75) is 6.92 Å². The number of ether oxygens (including phenoxy) is 1. The third-order valence-electron chi connectivity index (χ3n) is 7.79. The highest BCUT2D eigenvalue weighted by molar-refractivity contribution is 6.09. The third-order valence-corrected chi connectivity index (χ3v) is 7.79. The molecule has 1 aliphatic heterocycles. The Hall–Kier alpha value is -5.28. The van der Waals surface area contributed by atoms with Gasteiger partial charge in [0.05, 0.1) is 11.4 Å². The Balaban J connectivity index is 1.24. The summed E-state index contributed by atoms with van der Waals surface area (Å²) in [6.07, 6.45) is 0. The second-order valence-electron chi connectivity index (χ2n) is 10.2. The molecule has 3 heteroatoms. The maximum Gasteiger partial charge on any atom is 0.152 e. The number of aryl methyl sites for hydroxylation is 1. The van der Waals surface area contributed by atoms with Gasteiger partial charge in [0.2, 0.25) is 0 Å². The van der Waals surface area contributed by atoms with Crippen LogP contribution in [0.5, 0.6) is 11.5 Å². The molecule has 40 heavy (non-hydrogen) atoms. The minimum atomic E-state index is 0.837. The van der Waals surface area contributed by atoms with Gasteiger partial charge in [0.15, 0.2) is 11.5 Å². The number of rotatable bonds is 3. The molecule has 3 nitrogen and oxygen atoms in total. The summed E-state index contributed by atoms with van der Waals surface area (Å²) in [4.78, 5) is 2.30. The van der Waals surface area contributed by atoms with Crippen LogP contribution < -0.4 is 9.64 Å². The van der Waals surface area contributed by atoms with Crippen molar-refractivity contribution in [3.8, 4) is 33.8 Å². The lowest BCUT2D eigenvalue weighted by Gasteiger charge is -2.34. The first-order chi connectivity index (χ1) is 19.7. The molecule has 8 rings (SSSR count). The van der Waals surface area contributed by atoms with Crippen LogP contribution in [0.15, 0.2) is 138 Å². The van der Waals surface area contributed by atoms with Crippen molar-refractivity contribution in [3.63, 3.8) is 0 Å². The van der Waals surface area contributed by atoms with Gasteiger partial charge in [-0.2, -0.15) is 0 Å². The Kier molecular flexibility index (Phi) is 5.04. The van der Waals surface area contributed by atoms with Gasteiger partial charge in [-0.15, -0.1) is 0 Å². The summed E-state index contributed by atoms with van der Waals surface area (Å²) < 4.78 is 12.8. The number of anilines is 3. The summed E-state index contributed by atoms with van der Waals surface area (Å²) >= 11 is 0. The van der Waals surface area contributed by atoms with Crippen LogP contribution in [-0.4, -0.2) is 0 Å². The van der Waals surface area contributed by atoms with Gasteiger partial charge >= 0.3 is 0 Å². The highest BCUT2D eigenvalue weighted by atomic mass is 16.5. The SMILES string of the molecule is Cc1ccccc1N1c2ccccc2Oc2cc(-c3cccc(-c4cccc5c4oc4ccccc45)c3)ccc21. The van der Waals surface area contributed by atoms with Gasteiger partial charge < -0.3 is 14.1 Å². The first-order valence-electron chi connectivity index (χ1n) is 13.5. The third kappa shape index (κ3) is 3.52. The molecule has 0 aliphatic carbocycles. The van der Waals surface area contributed by atoms with E-state index in [2.05, 4.69) is 121 Å². The van der Waals surface area contributed by atoms with Crippen molar-refractivity contribution < 1.29 is 9.15 Å². The molecular weight excluding hydrogens is 490 g/mol. The second kappa shape index (κ2) is 8.89. The molecule has 6 aromatic carbocycles. The fourth-order valence-corrected chi connectivity index (χ4v) is 5.85. The topological polar surface area (TPSA) is 25.6 Å². The van der Waals surface area contributed by atoms with Crippen LogP contribution in [0.1, 0.15) is 5.56 Å². The van der Waals surface area contributed by atoms with Crippen molar-refractivity contribution in [2.75, 3.05) is 4.90 Å². The summed E-state index contributed by atoms with van der Waals surface area (Å²) in [6, 6.07) is 46.4. The average Bonchev–Trinajstić information content (AvgIpc) is 3.39. The molecule has 0 radical (unpaired) electrons. The molecule has 1 aliphatic rings. The van der Waals surface area contributed by atoms with Crippen LogP contribution in [0.4, 0.5) is 17.1 Å². The molecule has 190 valence electrons. The Morgan fingerprint density at radius 3 is 2.12 bits per heavy atom. The minimum Gasteiger partial charge on any atom is -0.455 e. The highest BCUT2D eigenvalue weighted by Crippen LogP contribution is 2.51. The fraction of sp³-hybridized carbons (Fsp3) is 0.0270. The molecule has 0 bridgehead atoms. The number of furan rings is 1. The molecule has 1 aromatic heterocycles. The van der Waals surface area contributed by atoms with E-state index in [9.17, 15) is 0 Å². The number of hydrogen-bond donors (Lipinski definition) is 0. The smallest absolute Gasteiger partial charge is 0.152 e. The van der Waals surface area contributed by atoms with Crippen molar-refractivity contribution >= 4 is 39.0 Å². The normalized spacial score (nSPS) is 12.3. The van der Waals surface area contributed by atoms with E-state index in [0.717, 1.165) is 72.8 Å². The predicted molar refractivity (Wildman–Crippen MR) is 164 cm³/mol. The molecule has 0 fully saturated rings. The van der Waals surface area contributed by atoms with Crippen molar-refractivity contribution in [2.24, 2.45) is 0 Å². The lowest BCUT2D eigenvalue weighted by atomic mass is 9.97. The standard InChI is InChI=1S/C37H25NO2/c1-24-10-2-4-16-31(24)38-32-17-5-7-19-35(32)39-36-23-26(20-21-33(36)38)25-11-8-12-27(22-25)28-14-9-15-30-29-13-3-6-18-34(29)40-37(28)30/h2-23H,1H3. The summed E-state index contributed by atoms with van der Waals surface area (Å²) in [5.74, 6) is 1.69. The first-order valence-corrected chi connectivity index (χ1v) is 13.5. The molecule has 2 heterocycles. The summed E-state index contributed by atoms with van der Waals surface area (Å²) in [5.41, 5.74) is 10.7. The van der Waals surface area contributed by atoms with E-state index in [-0.39, 0.29) is 0 Å². The molecule has 0 spiro atoms. The van der Waals surface area contributed by atoms with Gasteiger partial charge in [0.1, 0.15) is 11.2 Å². The lowest BCUT2D eigenvalue weighted by Crippen LogP contribution is -2.16. The van der Waals surface area contributed by atoms with Crippen molar-refractivity contribution in [1.29, 1.82) is 0 Å². The van der Waals surface area contributed by atoms with Crippen LogP contribution in [-0.2, 0) is 0 Å². The van der Waals surface area contributed by atoms with Crippen LogP contribution in [0.3, 0.4) is 0 Å². The summed E-state index contributed by atoms with van der Waals surface area (Å²) in [5, 5.41) is 2.27. The molecule has 0 saturated heterocycles. The maximum atomic E-state index is 6.48. The number of benzene rings is 6. The average molecular weight is 516 g/mol. The highest BCUT2D eigenvalue weighted by Gasteiger charge is 2.26. The van der Waals surface area contributed by atoms with E-state index >= 15 is 0 Å². The minimum absolute atomic E-state index is 0.837. The van der Waals surface area contributed by atoms with E-state index in [1.165, 1.54) is 5.56 Å². The van der Waals surface area contributed by atoms with Gasteiger partial charge in [-0.05, 0) is 71.6 Å². The maximum absolute atomic E-state index is 6.48. The number of para-hydroxylation sites is 5. The Morgan fingerprint density at radius 1 is 0.500 bits per heavy atom. The molecule has 0 saturated carbocycles. The van der Waals surface area contributed by atoms with Crippen LogP contribution in [0, 0.1) is 6.92 Å². The first kappa shape index (κ1) is 22.7. The van der Waals surface area contributed by atoms with Crippen LogP contribution >= 0.6 is 0 Å². The zero-order valence-corrected chi connectivity index (χ0v) is 22.0. The lowest BCUT2D eigenvalue weighted by molar-refractivity contribution is 0.477. The van der Waals surface area contributed by atoms with Crippen molar-refractivity contribution in [1.82, 2.24) is 0 Å². The zero-order chi connectivity index (χ0) is 26.6. The van der Waals surface area contributed by atoms with Crippen LogP contribution in [0.25, 0.3) is 44.2 Å². The summed E-state index contributed by atoms with van der Waals surface area (Å²) in [7, 11) is 0. The molecule has 0 amide bonds. The summed E-state index contributed by atoms with van der Waals surface area (Å²) in [6.45, 7) is 2.15. The molecule has 0 unspecified atom stereocenters. The number of nitrogens with zero attached hydrogens (tertiary/aromatic N) is 1. The fourth-order valence-electron chi connectivity index (χ4n) is 5.85. The quantitative estimate of drug-likeness (QED) is 0.234. The van der Waals surface area contributed by atoms with Gasteiger partial charge in [0, 0.05) is 22.0 Å². The predicted octanol–water partition coefficient (Wildman–Crippen LogP) is 10.8. The van der Waals surface area contributed by atoms with Gasteiger partial charge in [-0.3, -0.25) is 0 Å². The van der Waals surface area contributed by atoms with Gasteiger partial charge in [0.25, 0.3) is 0 Å². The Morgan fingerprint density at radius 2 is 1.20 bits per heavy atom. The van der Waals surface area contributed by atoms with Gasteiger partial charge in [-0.25, -0.2) is 0 Å². The largest absolute Gasteiger partial charge is 0.455 e. The zero-order valence-electron chi connectivity index (χ0n) is 22.0. The van der Waals surface area contributed by atoms with E-state index in [1.807, 2.05) is 24.3 Å². The van der Waals surface area contributed by atoms with Gasteiger partial charge in [-0.1, -0.05) is 91.0 Å². The molecule has 0 N–H and O–H groups in total. The van der Waals surface area contributed by atoms with E-state index in [4.69, 9.17) is 9.15 Å². The molecule has 7 aromatic rings. The second-order valence-corrected chi connectivity index (χ2v) is 10.2. The van der Waals surface area contributed by atoms with Crippen LogP contribution in [0.2, 0.25) is 0 Å². The monoisotopic (exact) mass is 515 g/mol. The van der Waals surface area contributed by atoms with Crippen molar-refractivity contribution in [3.05, 3.63) is 139 Å². The Bertz CT molecular complexity index is 2060. The van der Waals surface area contributed by atoms with E-state index < -0.39 is 0 Å². The number of fused-ring (bicyclic) bond motifs is 5. The Labute approximate surface area is 232 Å².